The second kappa shape index (κ2) is 4.47. The summed E-state index contributed by atoms with van der Waals surface area (Å²) in [5, 5.41) is 5.09. The fourth-order valence-electron chi connectivity index (χ4n) is 0.950. The number of aromatic nitrogens is 2. The Hall–Kier alpha value is -1.01. The van der Waals surface area contributed by atoms with E-state index in [-0.39, 0.29) is 11.8 Å². The van der Waals surface area contributed by atoms with E-state index in [1.807, 2.05) is 13.8 Å². The summed E-state index contributed by atoms with van der Waals surface area (Å²) in [5.74, 6) is -0.0100. The first-order valence-corrected chi connectivity index (χ1v) is 4.99. The van der Waals surface area contributed by atoms with Gasteiger partial charge in [-0.2, -0.15) is 0 Å². The van der Waals surface area contributed by atoms with Crippen molar-refractivity contribution in [3.05, 3.63) is 10.6 Å². The van der Waals surface area contributed by atoms with Crippen LogP contribution in [0.3, 0.4) is 0 Å². The highest BCUT2D eigenvalue weighted by molar-refractivity contribution is 7.08. The quantitative estimate of drug-likeness (QED) is 0.713. The summed E-state index contributed by atoms with van der Waals surface area (Å²) in [7, 11) is 3.01. The zero-order chi connectivity index (χ0) is 10.7. The first-order chi connectivity index (χ1) is 6.57. The molecular formula is C8H13N3O2S. The molecule has 1 amide bonds. The Bertz CT molecular complexity index is 324. The van der Waals surface area contributed by atoms with Gasteiger partial charge in [0.25, 0.3) is 5.91 Å². The molecule has 0 bridgehead atoms. The number of nitrogens with zero attached hydrogens (tertiary/aromatic N) is 3. The molecule has 0 radical (unpaired) electrons. The smallest absolute Gasteiger partial charge is 0.274 e. The first-order valence-electron chi connectivity index (χ1n) is 4.22. The predicted octanol–water partition coefficient (Wildman–Crippen LogP) is 1.29. The van der Waals surface area contributed by atoms with Crippen molar-refractivity contribution in [1.29, 1.82) is 0 Å². The van der Waals surface area contributed by atoms with Crippen LogP contribution in [-0.4, -0.2) is 34.7 Å². The van der Waals surface area contributed by atoms with Crippen LogP contribution in [0.4, 0.5) is 0 Å². The van der Waals surface area contributed by atoms with Gasteiger partial charge in [-0.25, -0.2) is 5.06 Å². The predicted molar refractivity (Wildman–Crippen MR) is 53.1 cm³/mol. The van der Waals surface area contributed by atoms with E-state index >= 15 is 0 Å². The summed E-state index contributed by atoms with van der Waals surface area (Å²) < 4.78 is 3.77. The molecule has 0 fully saturated rings. The molecule has 6 heteroatoms. The lowest BCUT2D eigenvalue weighted by atomic mass is 10.1. The normalized spacial score (nSPS) is 10.6. The molecule has 1 heterocycles. The molecule has 0 saturated carbocycles. The van der Waals surface area contributed by atoms with Crippen LogP contribution in [0.25, 0.3) is 0 Å². The maximum absolute atomic E-state index is 11.7. The molecule has 5 nitrogen and oxygen atoms in total. The van der Waals surface area contributed by atoms with Gasteiger partial charge in [0.15, 0.2) is 0 Å². The Morgan fingerprint density at radius 2 is 2.21 bits per heavy atom. The van der Waals surface area contributed by atoms with E-state index in [2.05, 4.69) is 9.59 Å². The summed E-state index contributed by atoms with van der Waals surface area (Å²) in [6.07, 6.45) is 0. The van der Waals surface area contributed by atoms with Gasteiger partial charge < -0.3 is 0 Å². The van der Waals surface area contributed by atoms with Gasteiger partial charge in [-0.3, -0.25) is 9.63 Å². The molecule has 0 saturated heterocycles. The second-order valence-electron chi connectivity index (χ2n) is 3.13. The van der Waals surface area contributed by atoms with Gasteiger partial charge in [0.05, 0.1) is 12.8 Å². The highest BCUT2D eigenvalue weighted by Crippen LogP contribution is 2.20. The third-order valence-corrected chi connectivity index (χ3v) is 2.54. The van der Waals surface area contributed by atoms with Gasteiger partial charge in [-0.05, 0) is 17.5 Å². The van der Waals surface area contributed by atoms with Gasteiger partial charge in [0.2, 0.25) is 0 Å². The maximum atomic E-state index is 11.7. The highest BCUT2D eigenvalue weighted by Gasteiger charge is 2.21. The van der Waals surface area contributed by atoms with Crippen LogP contribution in [0.1, 0.15) is 35.1 Å². The van der Waals surface area contributed by atoms with E-state index in [0.717, 1.165) is 17.2 Å². The lowest BCUT2D eigenvalue weighted by Crippen LogP contribution is -2.25. The minimum atomic E-state index is -0.203. The second-order valence-corrected chi connectivity index (χ2v) is 3.88. The van der Waals surface area contributed by atoms with Crippen LogP contribution in [0, 0.1) is 0 Å². The Labute approximate surface area is 86.8 Å². The van der Waals surface area contributed by atoms with E-state index in [0.29, 0.717) is 4.88 Å². The average Bonchev–Trinajstić information content (AvgIpc) is 2.63. The average molecular weight is 215 g/mol. The Morgan fingerprint density at radius 3 is 2.71 bits per heavy atom. The molecule has 0 aromatic carbocycles. The van der Waals surface area contributed by atoms with Crippen molar-refractivity contribution >= 4 is 17.4 Å². The molecule has 0 N–H and O–H groups in total. The van der Waals surface area contributed by atoms with Crippen LogP contribution in [0.5, 0.6) is 0 Å². The Morgan fingerprint density at radius 1 is 1.57 bits per heavy atom. The van der Waals surface area contributed by atoms with Gasteiger partial charge in [0.1, 0.15) is 4.88 Å². The summed E-state index contributed by atoms with van der Waals surface area (Å²) in [6, 6.07) is 0. The number of hydrogen-bond acceptors (Lipinski definition) is 5. The van der Waals surface area contributed by atoms with E-state index in [1.165, 1.54) is 12.2 Å². The fourth-order valence-corrected chi connectivity index (χ4v) is 1.74. The van der Waals surface area contributed by atoms with Crippen molar-refractivity contribution in [3.63, 3.8) is 0 Å². The number of hydrogen-bond donors (Lipinski definition) is 0. The highest BCUT2D eigenvalue weighted by atomic mass is 32.1. The van der Waals surface area contributed by atoms with Crippen LogP contribution in [-0.2, 0) is 4.84 Å². The Kier molecular flexibility index (Phi) is 3.54. The zero-order valence-electron chi connectivity index (χ0n) is 8.64. The molecule has 1 rings (SSSR count). The number of rotatable bonds is 3. The number of hydroxylamine groups is 2. The zero-order valence-corrected chi connectivity index (χ0v) is 9.46. The third-order valence-electron chi connectivity index (χ3n) is 1.81. The lowest BCUT2D eigenvalue weighted by Gasteiger charge is -2.12. The number of carbonyl (C=O) groups excluding carboxylic acids is 1. The van der Waals surface area contributed by atoms with E-state index < -0.39 is 0 Å². The summed E-state index contributed by atoms with van der Waals surface area (Å²) >= 11 is 1.10. The van der Waals surface area contributed by atoms with Crippen LogP contribution in [0.2, 0.25) is 0 Å². The van der Waals surface area contributed by atoms with E-state index in [4.69, 9.17) is 4.84 Å². The molecule has 0 unspecified atom stereocenters. The van der Waals surface area contributed by atoms with E-state index in [1.54, 1.807) is 7.05 Å². The molecule has 0 atom stereocenters. The molecule has 14 heavy (non-hydrogen) atoms. The summed E-state index contributed by atoms with van der Waals surface area (Å²) in [5.41, 5.74) is 0.726. The van der Waals surface area contributed by atoms with Crippen molar-refractivity contribution in [3.8, 4) is 0 Å². The van der Waals surface area contributed by atoms with Gasteiger partial charge in [-0.1, -0.05) is 18.3 Å². The number of carbonyl (C=O) groups is 1. The van der Waals surface area contributed by atoms with Gasteiger partial charge >= 0.3 is 0 Å². The molecule has 0 spiro atoms. The van der Waals surface area contributed by atoms with Gasteiger partial charge in [-0.15, -0.1) is 5.10 Å². The minimum Gasteiger partial charge on any atom is -0.274 e. The molecule has 0 aliphatic rings. The molecule has 0 aliphatic carbocycles. The first kappa shape index (κ1) is 11.1. The monoisotopic (exact) mass is 215 g/mol. The van der Waals surface area contributed by atoms with Crippen molar-refractivity contribution < 1.29 is 9.63 Å². The van der Waals surface area contributed by atoms with Crippen LogP contribution >= 0.6 is 11.5 Å². The lowest BCUT2D eigenvalue weighted by molar-refractivity contribution is -0.0754. The SMILES string of the molecule is CON(C)C(=O)c1snnc1C(C)C. The van der Waals surface area contributed by atoms with Gasteiger partial charge in [0, 0.05) is 7.05 Å². The van der Waals surface area contributed by atoms with Crippen LogP contribution in [0.15, 0.2) is 0 Å². The molecule has 0 aliphatic heterocycles. The largest absolute Gasteiger partial charge is 0.290 e. The van der Waals surface area contributed by atoms with Crippen molar-refractivity contribution in [2.75, 3.05) is 14.2 Å². The summed E-state index contributed by atoms with van der Waals surface area (Å²) in [4.78, 5) is 17.0. The van der Waals surface area contributed by atoms with Crippen molar-refractivity contribution in [2.45, 2.75) is 19.8 Å². The van der Waals surface area contributed by atoms with Crippen molar-refractivity contribution in [1.82, 2.24) is 14.7 Å². The third kappa shape index (κ3) is 2.08. The molecule has 78 valence electrons. The maximum Gasteiger partial charge on any atom is 0.290 e. The van der Waals surface area contributed by atoms with Crippen molar-refractivity contribution in [2.24, 2.45) is 0 Å². The summed E-state index contributed by atoms with van der Waals surface area (Å²) in [6.45, 7) is 3.95. The number of amides is 1. The molecule has 1 aromatic heterocycles. The van der Waals surface area contributed by atoms with E-state index in [9.17, 15) is 4.79 Å². The fraction of sp³-hybridized carbons (Fsp3) is 0.625. The standard InChI is InChI=1S/C8H13N3O2S/c1-5(2)6-7(14-10-9-6)8(12)11(3)13-4/h5H,1-4H3. The molecular weight excluding hydrogens is 202 g/mol. The minimum absolute atomic E-state index is 0.193. The molecule has 1 aromatic rings. The Balaban J connectivity index is 2.95. The van der Waals surface area contributed by atoms with Crippen LogP contribution < -0.4 is 0 Å². The topological polar surface area (TPSA) is 55.3 Å².